The molecule has 0 spiro atoms. The van der Waals surface area contributed by atoms with Gasteiger partial charge in [0, 0.05) is 10.8 Å². The van der Waals surface area contributed by atoms with Gasteiger partial charge in [-0.15, -0.1) is 0 Å². The van der Waals surface area contributed by atoms with Crippen molar-refractivity contribution in [2.75, 3.05) is 7.11 Å². The first-order valence-electron chi connectivity index (χ1n) is 3.42. The number of hydrogen-bond donors (Lipinski definition) is 1. The van der Waals surface area contributed by atoms with Crippen LogP contribution in [0, 0.1) is 11.3 Å². The molecule has 5 heteroatoms. The van der Waals surface area contributed by atoms with Crippen molar-refractivity contribution >= 4 is 5.97 Å². The SMILES string of the molecule is COC(=O)c1cc[n+](O)cc1C#N. The van der Waals surface area contributed by atoms with Gasteiger partial charge in [-0.25, -0.2) is 4.79 Å². The maximum atomic E-state index is 11.0. The van der Waals surface area contributed by atoms with Crippen LogP contribution in [0.25, 0.3) is 0 Å². The summed E-state index contributed by atoms with van der Waals surface area (Å²) in [6.45, 7) is 0. The average molecular weight is 179 g/mol. The zero-order chi connectivity index (χ0) is 9.84. The van der Waals surface area contributed by atoms with Gasteiger partial charge in [-0.2, -0.15) is 5.26 Å². The minimum absolute atomic E-state index is 0.0665. The maximum Gasteiger partial charge on any atom is 0.339 e. The Kier molecular flexibility index (Phi) is 2.45. The smallest absolute Gasteiger partial charge is 0.339 e. The number of methoxy groups -OCH3 is 1. The van der Waals surface area contributed by atoms with E-state index < -0.39 is 5.97 Å². The third kappa shape index (κ3) is 1.73. The Hall–Kier alpha value is -2.09. The largest absolute Gasteiger partial charge is 0.465 e. The molecule has 0 amide bonds. The Morgan fingerprint density at radius 3 is 3.00 bits per heavy atom. The van der Waals surface area contributed by atoms with Crippen molar-refractivity contribution in [2.45, 2.75) is 0 Å². The number of pyridine rings is 1. The van der Waals surface area contributed by atoms with E-state index in [0.29, 0.717) is 4.73 Å². The van der Waals surface area contributed by atoms with Crippen LogP contribution in [0.2, 0.25) is 0 Å². The highest BCUT2D eigenvalue weighted by Crippen LogP contribution is 2.05. The van der Waals surface area contributed by atoms with E-state index in [1.165, 1.54) is 19.4 Å². The Balaban J connectivity index is 3.23. The summed E-state index contributed by atoms with van der Waals surface area (Å²) in [7, 11) is 1.23. The number of carbonyl (C=O) groups excluding carboxylic acids is 1. The van der Waals surface area contributed by atoms with Crippen molar-refractivity contribution in [3.63, 3.8) is 0 Å². The molecule has 1 aromatic rings. The molecule has 66 valence electrons. The molecular formula is C8H7N2O3+. The van der Waals surface area contributed by atoms with Crippen LogP contribution in [0.3, 0.4) is 0 Å². The molecule has 1 aromatic heterocycles. The van der Waals surface area contributed by atoms with Gasteiger partial charge in [0.05, 0.1) is 12.7 Å². The van der Waals surface area contributed by atoms with Gasteiger partial charge in [0.2, 0.25) is 12.4 Å². The molecular weight excluding hydrogens is 172 g/mol. The minimum atomic E-state index is -0.600. The highest BCUT2D eigenvalue weighted by atomic mass is 16.5. The standard InChI is InChI=1S/C8H7N2O3/c1-13-8(11)7-2-3-10(12)5-6(7)4-9/h2-3,5,12H,1H3/q+1. The Labute approximate surface area is 74.4 Å². The molecule has 1 N–H and O–H groups in total. The van der Waals surface area contributed by atoms with E-state index >= 15 is 0 Å². The Bertz CT molecular complexity index is 381. The molecule has 0 aliphatic rings. The van der Waals surface area contributed by atoms with Gasteiger partial charge in [-0.1, -0.05) is 0 Å². The second-order valence-corrected chi connectivity index (χ2v) is 2.26. The number of nitrogens with zero attached hydrogens (tertiary/aromatic N) is 2. The van der Waals surface area contributed by atoms with Crippen LogP contribution < -0.4 is 4.73 Å². The Morgan fingerprint density at radius 2 is 2.46 bits per heavy atom. The van der Waals surface area contributed by atoms with E-state index in [2.05, 4.69) is 4.74 Å². The lowest BCUT2D eigenvalue weighted by atomic mass is 10.1. The molecule has 0 unspecified atom stereocenters. The molecule has 0 bridgehead atoms. The van der Waals surface area contributed by atoms with E-state index in [4.69, 9.17) is 10.5 Å². The molecule has 1 rings (SSSR count). The van der Waals surface area contributed by atoms with Crippen LogP contribution in [0.15, 0.2) is 18.5 Å². The van der Waals surface area contributed by atoms with Crippen molar-refractivity contribution in [1.29, 1.82) is 5.26 Å². The van der Waals surface area contributed by atoms with Crippen molar-refractivity contribution in [3.05, 3.63) is 29.6 Å². The van der Waals surface area contributed by atoms with E-state index in [-0.39, 0.29) is 11.1 Å². The Morgan fingerprint density at radius 1 is 1.77 bits per heavy atom. The zero-order valence-corrected chi connectivity index (χ0v) is 6.89. The highest BCUT2D eigenvalue weighted by molar-refractivity contribution is 5.91. The normalized spacial score (nSPS) is 8.92. The molecule has 0 radical (unpaired) electrons. The van der Waals surface area contributed by atoms with Crippen LogP contribution in [0.4, 0.5) is 0 Å². The lowest BCUT2D eigenvalue weighted by Gasteiger charge is -1.97. The summed E-state index contributed by atoms with van der Waals surface area (Å²) in [5.74, 6) is -0.600. The number of esters is 1. The molecule has 0 aromatic carbocycles. The molecule has 13 heavy (non-hydrogen) atoms. The average Bonchev–Trinajstić information content (AvgIpc) is 2.16. The van der Waals surface area contributed by atoms with Crippen LogP contribution in [0.1, 0.15) is 15.9 Å². The first-order chi connectivity index (χ1) is 6.19. The van der Waals surface area contributed by atoms with Gasteiger partial charge < -0.3 is 4.74 Å². The summed E-state index contributed by atoms with van der Waals surface area (Å²) < 4.78 is 5.14. The molecule has 0 aliphatic heterocycles. The maximum absolute atomic E-state index is 11.0. The number of carbonyl (C=O) groups is 1. The van der Waals surface area contributed by atoms with Gasteiger partial charge in [0.15, 0.2) is 0 Å². The number of ether oxygens (including phenoxy) is 1. The first kappa shape index (κ1) is 9.00. The predicted octanol–water partition coefficient (Wildman–Crippen LogP) is -0.130. The molecule has 1 heterocycles. The quantitative estimate of drug-likeness (QED) is 0.370. The molecule has 0 saturated carbocycles. The van der Waals surface area contributed by atoms with Crippen LogP contribution in [0.5, 0.6) is 0 Å². The van der Waals surface area contributed by atoms with Crippen molar-refractivity contribution in [2.24, 2.45) is 0 Å². The van der Waals surface area contributed by atoms with E-state index in [9.17, 15) is 4.79 Å². The summed E-state index contributed by atoms with van der Waals surface area (Å²) in [5, 5.41) is 17.5. The van der Waals surface area contributed by atoms with E-state index in [1.54, 1.807) is 6.07 Å². The van der Waals surface area contributed by atoms with Crippen LogP contribution in [-0.2, 0) is 4.74 Å². The van der Waals surface area contributed by atoms with Gasteiger partial charge in [-0.05, 0) is 0 Å². The summed E-state index contributed by atoms with van der Waals surface area (Å²) in [5.41, 5.74) is 0.201. The van der Waals surface area contributed by atoms with E-state index in [0.717, 1.165) is 6.20 Å². The number of hydrogen-bond acceptors (Lipinski definition) is 4. The van der Waals surface area contributed by atoms with Crippen LogP contribution in [-0.4, -0.2) is 18.3 Å². The zero-order valence-electron chi connectivity index (χ0n) is 6.89. The third-order valence-electron chi connectivity index (χ3n) is 1.47. The molecule has 0 fully saturated rings. The number of aromatic nitrogens is 1. The summed E-state index contributed by atoms with van der Waals surface area (Å²) in [6, 6.07) is 3.08. The molecule has 0 saturated heterocycles. The molecule has 5 nitrogen and oxygen atoms in total. The second kappa shape index (κ2) is 3.54. The summed E-state index contributed by atoms with van der Waals surface area (Å²) >= 11 is 0. The van der Waals surface area contributed by atoms with Crippen molar-refractivity contribution in [3.8, 4) is 6.07 Å². The van der Waals surface area contributed by atoms with E-state index in [1.807, 2.05) is 0 Å². The molecule has 0 aliphatic carbocycles. The topological polar surface area (TPSA) is 74.2 Å². The van der Waals surface area contributed by atoms with Crippen LogP contribution >= 0.6 is 0 Å². The summed E-state index contributed by atoms with van der Waals surface area (Å²) in [4.78, 5) is 11.0. The minimum Gasteiger partial charge on any atom is -0.465 e. The first-order valence-corrected chi connectivity index (χ1v) is 3.42. The highest BCUT2D eigenvalue weighted by Gasteiger charge is 2.15. The van der Waals surface area contributed by atoms with Crippen molar-refractivity contribution < 1.29 is 19.5 Å². The monoisotopic (exact) mass is 179 g/mol. The lowest BCUT2D eigenvalue weighted by molar-refractivity contribution is -0.904. The van der Waals surface area contributed by atoms with Gasteiger partial charge >= 0.3 is 5.97 Å². The second-order valence-electron chi connectivity index (χ2n) is 2.26. The fraction of sp³-hybridized carbons (Fsp3) is 0.125. The molecule has 0 atom stereocenters. The number of nitriles is 1. The van der Waals surface area contributed by atoms with Gasteiger partial charge in [-0.3, -0.25) is 5.21 Å². The fourth-order valence-electron chi connectivity index (χ4n) is 0.863. The predicted molar refractivity (Wildman–Crippen MR) is 39.9 cm³/mol. The fourth-order valence-corrected chi connectivity index (χ4v) is 0.863. The lowest BCUT2D eigenvalue weighted by Crippen LogP contribution is -2.30. The summed E-state index contributed by atoms with van der Waals surface area (Å²) in [6.07, 6.45) is 2.37. The third-order valence-corrected chi connectivity index (χ3v) is 1.47. The van der Waals surface area contributed by atoms with Gasteiger partial charge in [0.1, 0.15) is 11.6 Å². The van der Waals surface area contributed by atoms with Crippen molar-refractivity contribution in [1.82, 2.24) is 0 Å². The van der Waals surface area contributed by atoms with Gasteiger partial charge in [0.25, 0.3) is 0 Å². The number of rotatable bonds is 1.